The SMILES string of the molecule is CCCCCCCCCCCCC=CC1=NC=C[NH+]1Cc1ccccc1. The lowest BCUT2D eigenvalue weighted by molar-refractivity contribution is -0.758. The first-order valence-electron chi connectivity index (χ1n) is 10.7. The zero-order chi connectivity index (χ0) is 18.3. The molecule has 1 aliphatic heterocycles. The molecule has 1 atom stereocenters. The summed E-state index contributed by atoms with van der Waals surface area (Å²) in [5.41, 5.74) is 1.35. The zero-order valence-corrected chi connectivity index (χ0v) is 16.6. The van der Waals surface area contributed by atoms with E-state index in [1.807, 2.05) is 6.20 Å². The number of quaternary nitrogens is 1. The molecule has 0 bridgehead atoms. The van der Waals surface area contributed by atoms with E-state index in [1.165, 1.54) is 81.1 Å². The smallest absolute Gasteiger partial charge is 0.230 e. The van der Waals surface area contributed by atoms with Gasteiger partial charge in [-0.15, -0.1) is 0 Å². The molecule has 1 heterocycles. The van der Waals surface area contributed by atoms with Crippen LogP contribution in [0.1, 0.15) is 83.1 Å². The Balaban J connectivity index is 1.51. The van der Waals surface area contributed by atoms with Gasteiger partial charge in [-0.25, -0.2) is 0 Å². The molecule has 0 saturated carbocycles. The van der Waals surface area contributed by atoms with Gasteiger partial charge in [0.1, 0.15) is 12.7 Å². The molecule has 0 spiro atoms. The van der Waals surface area contributed by atoms with Gasteiger partial charge in [0.15, 0.2) is 0 Å². The first kappa shape index (κ1) is 20.6. The third kappa shape index (κ3) is 8.62. The van der Waals surface area contributed by atoms with Crippen LogP contribution in [0.5, 0.6) is 0 Å². The van der Waals surface area contributed by atoms with E-state index < -0.39 is 0 Å². The largest absolute Gasteiger partial charge is 0.255 e. The highest BCUT2D eigenvalue weighted by molar-refractivity contribution is 5.87. The highest BCUT2D eigenvalue weighted by Crippen LogP contribution is 2.11. The van der Waals surface area contributed by atoms with Gasteiger partial charge in [0.25, 0.3) is 0 Å². The number of hydrogen-bond acceptors (Lipinski definition) is 1. The minimum atomic E-state index is 0.971. The number of aliphatic imine (C=N–C) groups is 1. The predicted octanol–water partition coefficient (Wildman–Crippen LogP) is 5.82. The third-order valence-corrected chi connectivity index (χ3v) is 5.06. The molecular weight excluding hydrogens is 316 g/mol. The number of allylic oxidation sites excluding steroid dienone is 1. The van der Waals surface area contributed by atoms with Crippen LogP contribution in [0.4, 0.5) is 0 Å². The summed E-state index contributed by atoms with van der Waals surface area (Å²) in [5.74, 6) is 1.14. The van der Waals surface area contributed by atoms with E-state index in [0.717, 1.165) is 12.4 Å². The van der Waals surface area contributed by atoms with Gasteiger partial charge in [-0.1, -0.05) is 101 Å². The Morgan fingerprint density at radius 3 is 2.19 bits per heavy atom. The normalized spacial score (nSPS) is 16.5. The van der Waals surface area contributed by atoms with Crippen LogP contribution in [0.3, 0.4) is 0 Å². The molecule has 142 valence electrons. The molecule has 26 heavy (non-hydrogen) atoms. The summed E-state index contributed by atoms with van der Waals surface area (Å²) in [4.78, 5) is 5.84. The van der Waals surface area contributed by atoms with E-state index in [2.05, 4.69) is 60.6 Å². The monoisotopic (exact) mass is 353 g/mol. The first-order valence-corrected chi connectivity index (χ1v) is 10.7. The Kier molecular flexibility index (Phi) is 10.7. The van der Waals surface area contributed by atoms with Crippen molar-refractivity contribution in [1.82, 2.24) is 0 Å². The molecule has 1 unspecified atom stereocenters. The Bertz CT molecular complexity index is 557. The van der Waals surface area contributed by atoms with Crippen LogP contribution >= 0.6 is 0 Å². The topological polar surface area (TPSA) is 16.8 Å². The maximum Gasteiger partial charge on any atom is 0.230 e. The molecule has 1 aromatic rings. The van der Waals surface area contributed by atoms with Gasteiger partial charge < -0.3 is 0 Å². The lowest BCUT2D eigenvalue weighted by Gasteiger charge is -2.10. The minimum absolute atomic E-state index is 0.971. The summed E-state index contributed by atoms with van der Waals surface area (Å²) >= 11 is 0. The average Bonchev–Trinajstić information content (AvgIpc) is 3.10. The summed E-state index contributed by atoms with van der Waals surface area (Å²) in [6.45, 7) is 3.26. The fraction of sp³-hybridized carbons (Fsp3) is 0.542. The van der Waals surface area contributed by atoms with E-state index in [9.17, 15) is 0 Å². The van der Waals surface area contributed by atoms with Gasteiger partial charge in [0.05, 0.1) is 6.20 Å². The summed E-state index contributed by atoms with van der Waals surface area (Å²) in [6.07, 6.45) is 23.8. The number of unbranched alkanes of at least 4 members (excludes halogenated alkanes) is 10. The van der Waals surface area contributed by atoms with E-state index in [-0.39, 0.29) is 0 Å². The minimum Gasteiger partial charge on any atom is -0.255 e. The second-order valence-corrected chi connectivity index (χ2v) is 7.39. The molecule has 0 fully saturated rings. The zero-order valence-electron chi connectivity index (χ0n) is 16.6. The number of benzene rings is 1. The number of rotatable bonds is 14. The standard InChI is InChI=1S/C24H36N2/c1-2-3-4-5-6-7-8-9-10-11-12-16-19-24-25-20-21-26(24)22-23-17-14-13-15-18-23/h13-21H,2-12,22H2,1H3/p+1. The van der Waals surface area contributed by atoms with Crippen molar-refractivity contribution in [2.45, 2.75) is 84.1 Å². The number of hydrogen-bond donors (Lipinski definition) is 1. The second-order valence-electron chi connectivity index (χ2n) is 7.39. The Morgan fingerprint density at radius 2 is 1.50 bits per heavy atom. The predicted molar refractivity (Wildman–Crippen MR) is 113 cm³/mol. The molecule has 2 rings (SSSR count). The van der Waals surface area contributed by atoms with E-state index in [4.69, 9.17) is 0 Å². The highest BCUT2D eigenvalue weighted by atomic mass is 15.2. The molecular formula is C24H37N2+. The quantitative estimate of drug-likeness (QED) is 0.406. The van der Waals surface area contributed by atoms with Crippen molar-refractivity contribution in [2.24, 2.45) is 4.99 Å². The first-order chi connectivity index (χ1) is 12.9. The molecule has 0 radical (unpaired) electrons. The molecule has 0 saturated heterocycles. The maximum atomic E-state index is 4.51. The van der Waals surface area contributed by atoms with Crippen molar-refractivity contribution in [3.63, 3.8) is 0 Å². The molecule has 0 aliphatic carbocycles. The number of amidine groups is 1. The van der Waals surface area contributed by atoms with Gasteiger partial charge in [0.2, 0.25) is 5.84 Å². The van der Waals surface area contributed by atoms with E-state index in [1.54, 1.807) is 0 Å². The summed E-state index contributed by atoms with van der Waals surface area (Å²) in [5, 5.41) is 0. The molecule has 1 aromatic carbocycles. The molecule has 2 heteroatoms. The van der Waals surface area contributed by atoms with Gasteiger partial charge in [-0.2, -0.15) is 4.99 Å². The number of nitrogens with one attached hydrogen (secondary N) is 1. The number of nitrogens with zero attached hydrogens (tertiary/aromatic N) is 1. The average molecular weight is 354 g/mol. The fourth-order valence-corrected chi connectivity index (χ4v) is 3.44. The summed E-state index contributed by atoms with van der Waals surface area (Å²) < 4.78 is 0. The summed E-state index contributed by atoms with van der Waals surface area (Å²) in [7, 11) is 0. The van der Waals surface area contributed by atoms with Crippen molar-refractivity contribution in [2.75, 3.05) is 0 Å². The van der Waals surface area contributed by atoms with Crippen LogP contribution in [0.25, 0.3) is 0 Å². The highest BCUT2D eigenvalue weighted by Gasteiger charge is 2.16. The van der Waals surface area contributed by atoms with Crippen molar-refractivity contribution >= 4 is 5.84 Å². The van der Waals surface area contributed by atoms with Gasteiger partial charge >= 0.3 is 0 Å². The second kappa shape index (κ2) is 13.5. The molecule has 0 amide bonds. The lowest BCUT2D eigenvalue weighted by Crippen LogP contribution is -3.07. The Hall–Kier alpha value is -1.67. The van der Waals surface area contributed by atoms with Gasteiger partial charge in [-0.05, 0) is 12.8 Å². The molecule has 1 N–H and O–H groups in total. The molecule has 2 nitrogen and oxygen atoms in total. The van der Waals surface area contributed by atoms with Crippen LogP contribution in [-0.4, -0.2) is 5.84 Å². The molecule has 1 aliphatic rings. The van der Waals surface area contributed by atoms with Crippen LogP contribution in [0, 0.1) is 0 Å². The fourth-order valence-electron chi connectivity index (χ4n) is 3.44. The maximum absolute atomic E-state index is 4.51. The van der Waals surface area contributed by atoms with Gasteiger partial charge in [-0.3, -0.25) is 4.90 Å². The van der Waals surface area contributed by atoms with Crippen molar-refractivity contribution < 1.29 is 4.90 Å². The van der Waals surface area contributed by atoms with Crippen LogP contribution in [0.2, 0.25) is 0 Å². The van der Waals surface area contributed by atoms with E-state index in [0.29, 0.717) is 0 Å². The van der Waals surface area contributed by atoms with Crippen LogP contribution < -0.4 is 4.90 Å². The molecule has 0 aromatic heterocycles. The Labute approximate surface area is 160 Å². The third-order valence-electron chi connectivity index (χ3n) is 5.06. The lowest BCUT2D eigenvalue weighted by atomic mass is 10.1. The van der Waals surface area contributed by atoms with Crippen molar-refractivity contribution in [1.29, 1.82) is 0 Å². The van der Waals surface area contributed by atoms with Gasteiger partial charge in [0, 0.05) is 11.6 Å². The van der Waals surface area contributed by atoms with Crippen molar-refractivity contribution in [3.05, 3.63) is 60.4 Å². The summed E-state index contributed by atoms with van der Waals surface area (Å²) in [6, 6.07) is 10.6. The Morgan fingerprint density at radius 1 is 0.846 bits per heavy atom. The van der Waals surface area contributed by atoms with Crippen LogP contribution in [0.15, 0.2) is 59.9 Å². The van der Waals surface area contributed by atoms with E-state index >= 15 is 0 Å². The van der Waals surface area contributed by atoms with Crippen molar-refractivity contribution in [3.8, 4) is 0 Å². The van der Waals surface area contributed by atoms with Crippen LogP contribution in [-0.2, 0) is 6.54 Å².